The zero-order valence-electron chi connectivity index (χ0n) is 11.4. The largest absolute Gasteiger partial charge is 0.368 e. The van der Waals surface area contributed by atoms with Gasteiger partial charge in [0.05, 0.1) is 0 Å². The van der Waals surface area contributed by atoms with Gasteiger partial charge in [0.25, 0.3) is 0 Å². The Kier molecular flexibility index (Phi) is 5.07. The van der Waals surface area contributed by atoms with Crippen molar-refractivity contribution in [3.63, 3.8) is 0 Å². The van der Waals surface area contributed by atoms with Crippen molar-refractivity contribution in [1.82, 2.24) is 5.32 Å². The van der Waals surface area contributed by atoms with Crippen LogP contribution >= 0.6 is 15.9 Å². The summed E-state index contributed by atoms with van der Waals surface area (Å²) < 4.78 is 1.20. The van der Waals surface area contributed by atoms with Crippen LogP contribution in [-0.4, -0.2) is 26.2 Å². The molecule has 0 amide bonds. The van der Waals surface area contributed by atoms with Gasteiger partial charge < -0.3 is 10.2 Å². The predicted molar refractivity (Wildman–Crippen MR) is 82.4 cm³/mol. The highest BCUT2D eigenvalue weighted by Crippen LogP contribution is 2.29. The molecule has 0 aromatic heterocycles. The Morgan fingerprint density at radius 3 is 2.94 bits per heavy atom. The van der Waals surface area contributed by atoms with Gasteiger partial charge in [-0.25, -0.2) is 0 Å². The highest BCUT2D eigenvalue weighted by atomic mass is 79.9. The second-order valence-corrected chi connectivity index (χ2v) is 6.02. The van der Waals surface area contributed by atoms with E-state index in [0.717, 1.165) is 6.54 Å². The molecule has 100 valence electrons. The van der Waals surface area contributed by atoms with E-state index in [0.29, 0.717) is 6.04 Å². The molecule has 1 aliphatic heterocycles. The molecule has 1 saturated heterocycles. The van der Waals surface area contributed by atoms with Gasteiger partial charge in [0.15, 0.2) is 0 Å². The number of hydrogen-bond donors (Lipinski definition) is 1. The van der Waals surface area contributed by atoms with Gasteiger partial charge in [0.2, 0.25) is 0 Å². The zero-order valence-corrected chi connectivity index (χ0v) is 13.0. The lowest BCUT2D eigenvalue weighted by molar-refractivity contribution is 0.433. The van der Waals surface area contributed by atoms with Crippen molar-refractivity contribution in [2.75, 3.05) is 25.0 Å². The molecule has 1 aromatic carbocycles. The number of benzene rings is 1. The Hall–Kier alpha value is -0.540. The standard InChI is InChI=1S/C15H23BrN2/c1-12-11-14(6-7-15(12)16)18-10-4-3-5-13(18)8-9-17-2/h6-7,11,13,17H,3-5,8-10H2,1-2H3. The first-order valence-electron chi connectivity index (χ1n) is 6.90. The van der Waals surface area contributed by atoms with Crippen LogP contribution < -0.4 is 10.2 Å². The Bertz CT molecular complexity index is 392. The number of nitrogens with zero attached hydrogens (tertiary/aromatic N) is 1. The SMILES string of the molecule is CNCCC1CCCCN1c1ccc(Br)c(C)c1. The summed E-state index contributed by atoms with van der Waals surface area (Å²) in [7, 11) is 2.04. The Morgan fingerprint density at radius 2 is 2.22 bits per heavy atom. The van der Waals surface area contributed by atoms with Crippen molar-refractivity contribution in [1.29, 1.82) is 0 Å². The van der Waals surface area contributed by atoms with Crippen molar-refractivity contribution in [2.24, 2.45) is 0 Å². The van der Waals surface area contributed by atoms with Crippen LogP contribution in [0, 0.1) is 6.92 Å². The van der Waals surface area contributed by atoms with E-state index in [2.05, 4.69) is 51.3 Å². The number of anilines is 1. The van der Waals surface area contributed by atoms with Crippen molar-refractivity contribution in [2.45, 2.75) is 38.6 Å². The topological polar surface area (TPSA) is 15.3 Å². The number of halogens is 1. The minimum atomic E-state index is 0.701. The Labute approximate surface area is 119 Å². The van der Waals surface area contributed by atoms with Gasteiger partial charge in [-0.05, 0) is 70.0 Å². The second-order valence-electron chi connectivity index (χ2n) is 5.17. The van der Waals surface area contributed by atoms with Gasteiger partial charge in [-0.2, -0.15) is 0 Å². The Balaban J connectivity index is 2.14. The number of nitrogens with one attached hydrogen (secondary N) is 1. The summed E-state index contributed by atoms with van der Waals surface area (Å²) in [4.78, 5) is 2.60. The molecule has 0 radical (unpaired) electrons. The average molecular weight is 311 g/mol. The van der Waals surface area contributed by atoms with Crippen LogP contribution in [0.1, 0.15) is 31.2 Å². The van der Waals surface area contributed by atoms with Gasteiger partial charge in [-0.1, -0.05) is 15.9 Å². The fourth-order valence-corrected chi connectivity index (χ4v) is 3.01. The number of aryl methyl sites for hydroxylation is 1. The third-order valence-corrected chi connectivity index (χ3v) is 4.72. The minimum Gasteiger partial charge on any atom is -0.368 e. The van der Waals surface area contributed by atoms with Crippen LogP contribution in [0.15, 0.2) is 22.7 Å². The summed E-state index contributed by atoms with van der Waals surface area (Å²) in [5.74, 6) is 0. The summed E-state index contributed by atoms with van der Waals surface area (Å²) in [6, 6.07) is 7.43. The first-order valence-corrected chi connectivity index (χ1v) is 7.69. The van der Waals surface area contributed by atoms with Gasteiger partial charge in [0.1, 0.15) is 0 Å². The van der Waals surface area contributed by atoms with Crippen molar-refractivity contribution in [3.05, 3.63) is 28.2 Å². The maximum atomic E-state index is 3.58. The normalized spacial score (nSPS) is 20.2. The van der Waals surface area contributed by atoms with Crippen LogP contribution in [-0.2, 0) is 0 Å². The van der Waals surface area contributed by atoms with E-state index in [-0.39, 0.29) is 0 Å². The highest BCUT2D eigenvalue weighted by molar-refractivity contribution is 9.10. The molecule has 1 aromatic rings. The zero-order chi connectivity index (χ0) is 13.0. The fourth-order valence-electron chi connectivity index (χ4n) is 2.76. The summed E-state index contributed by atoms with van der Waals surface area (Å²) in [6.07, 6.45) is 5.27. The van der Waals surface area contributed by atoms with E-state index in [1.807, 2.05) is 7.05 Å². The van der Waals surface area contributed by atoms with Gasteiger partial charge in [-0.3, -0.25) is 0 Å². The van der Waals surface area contributed by atoms with Crippen molar-refractivity contribution >= 4 is 21.6 Å². The summed E-state index contributed by atoms with van der Waals surface area (Å²) >= 11 is 3.58. The molecule has 0 spiro atoms. The van der Waals surface area contributed by atoms with Crippen molar-refractivity contribution < 1.29 is 0 Å². The van der Waals surface area contributed by atoms with Gasteiger partial charge in [-0.15, -0.1) is 0 Å². The maximum absolute atomic E-state index is 3.58. The molecular weight excluding hydrogens is 288 g/mol. The lowest BCUT2D eigenvalue weighted by Crippen LogP contribution is -2.41. The molecule has 2 nitrogen and oxygen atoms in total. The minimum absolute atomic E-state index is 0.701. The molecule has 0 bridgehead atoms. The molecule has 0 aliphatic carbocycles. The lowest BCUT2D eigenvalue weighted by atomic mass is 9.98. The van der Waals surface area contributed by atoms with E-state index in [4.69, 9.17) is 0 Å². The van der Waals surface area contributed by atoms with E-state index < -0.39 is 0 Å². The van der Waals surface area contributed by atoms with Gasteiger partial charge in [0, 0.05) is 22.7 Å². The average Bonchev–Trinajstić information content (AvgIpc) is 2.40. The summed E-state index contributed by atoms with van der Waals surface area (Å²) in [5, 5.41) is 3.27. The van der Waals surface area contributed by atoms with Crippen LogP contribution in [0.3, 0.4) is 0 Å². The van der Waals surface area contributed by atoms with E-state index in [1.165, 1.54) is 48.0 Å². The molecule has 1 unspecified atom stereocenters. The molecule has 1 atom stereocenters. The molecular formula is C15H23BrN2. The third kappa shape index (κ3) is 3.27. The fraction of sp³-hybridized carbons (Fsp3) is 0.600. The number of rotatable bonds is 4. The first kappa shape index (κ1) is 13.9. The Morgan fingerprint density at radius 1 is 1.39 bits per heavy atom. The van der Waals surface area contributed by atoms with E-state index in [1.54, 1.807) is 0 Å². The number of hydrogen-bond acceptors (Lipinski definition) is 2. The molecule has 1 N–H and O–H groups in total. The third-order valence-electron chi connectivity index (χ3n) is 3.83. The van der Waals surface area contributed by atoms with E-state index in [9.17, 15) is 0 Å². The molecule has 1 aliphatic rings. The predicted octanol–water partition coefficient (Wildman–Crippen LogP) is 3.73. The second kappa shape index (κ2) is 6.58. The van der Waals surface area contributed by atoms with Crippen LogP contribution in [0.5, 0.6) is 0 Å². The van der Waals surface area contributed by atoms with Crippen LogP contribution in [0.2, 0.25) is 0 Å². The summed E-state index contributed by atoms with van der Waals surface area (Å²) in [5.41, 5.74) is 2.71. The first-order chi connectivity index (χ1) is 8.72. The molecule has 18 heavy (non-hydrogen) atoms. The molecule has 1 fully saturated rings. The highest BCUT2D eigenvalue weighted by Gasteiger charge is 2.22. The maximum Gasteiger partial charge on any atom is 0.0372 e. The van der Waals surface area contributed by atoms with Crippen molar-refractivity contribution in [3.8, 4) is 0 Å². The lowest BCUT2D eigenvalue weighted by Gasteiger charge is -2.38. The molecule has 2 rings (SSSR count). The monoisotopic (exact) mass is 310 g/mol. The molecule has 0 saturated carbocycles. The quantitative estimate of drug-likeness (QED) is 0.911. The van der Waals surface area contributed by atoms with Gasteiger partial charge >= 0.3 is 0 Å². The molecule has 1 heterocycles. The van der Waals surface area contributed by atoms with Crippen LogP contribution in [0.25, 0.3) is 0 Å². The summed E-state index contributed by atoms with van der Waals surface area (Å²) in [6.45, 7) is 4.48. The molecule has 3 heteroatoms. The van der Waals surface area contributed by atoms with E-state index >= 15 is 0 Å². The smallest absolute Gasteiger partial charge is 0.0372 e. The number of piperidine rings is 1. The van der Waals surface area contributed by atoms with Crippen LogP contribution in [0.4, 0.5) is 5.69 Å².